The van der Waals surface area contributed by atoms with Gasteiger partial charge in [0, 0.05) is 24.3 Å². The number of thiophene rings is 1. The standard InChI is InChI=1S/C23H24FN3O2S/c24-17-5-1-4-16(10-17)14-28-21-12-19(26-13-21)15-29-20-7-2-6-18(11-20)27-23(25)22-8-3-9-30-22/h1-11,19,21,26H,12-15H2,(H2,25,27)/t19-,21+/m0/s1. The third-order valence-electron chi connectivity index (χ3n) is 4.88. The second-order valence-electron chi connectivity index (χ2n) is 7.22. The second-order valence-corrected chi connectivity index (χ2v) is 8.17. The zero-order chi connectivity index (χ0) is 20.8. The molecule has 4 rings (SSSR count). The molecule has 30 heavy (non-hydrogen) atoms. The second kappa shape index (κ2) is 9.84. The van der Waals surface area contributed by atoms with Crippen LogP contribution in [0.25, 0.3) is 0 Å². The van der Waals surface area contributed by atoms with Gasteiger partial charge in [-0.05, 0) is 47.7 Å². The fraction of sp³-hybridized carbons (Fsp3) is 0.261. The third kappa shape index (κ3) is 5.66. The van der Waals surface area contributed by atoms with Crippen LogP contribution in [-0.2, 0) is 11.3 Å². The average Bonchev–Trinajstić information content (AvgIpc) is 3.43. The molecule has 156 valence electrons. The Kier molecular flexibility index (Phi) is 6.74. The topological polar surface area (TPSA) is 66.4 Å². The van der Waals surface area contributed by atoms with E-state index in [1.54, 1.807) is 6.07 Å². The molecule has 1 aromatic heterocycles. The molecule has 0 spiro atoms. The van der Waals surface area contributed by atoms with Crippen molar-refractivity contribution >= 4 is 22.9 Å². The van der Waals surface area contributed by atoms with Crippen molar-refractivity contribution in [2.75, 3.05) is 18.5 Å². The van der Waals surface area contributed by atoms with Crippen molar-refractivity contribution in [2.24, 2.45) is 0 Å². The van der Waals surface area contributed by atoms with Crippen LogP contribution in [0.15, 0.2) is 66.0 Å². The van der Waals surface area contributed by atoms with Gasteiger partial charge >= 0.3 is 0 Å². The van der Waals surface area contributed by atoms with E-state index in [2.05, 4.69) is 10.6 Å². The smallest absolute Gasteiger partial charge is 0.140 e. The lowest BCUT2D eigenvalue weighted by molar-refractivity contribution is 0.0514. The molecule has 7 heteroatoms. The summed E-state index contributed by atoms with van der Waals surface area (Å²) in [4.78, 5) is 0.890. The van der Waals surface area contributed by atoms with Gasteiger partial charge in [-0.3, -0.25) is 5.41 Å². The third-order valence-corrected chi connectivity index (χ3v) is 5.77. The molecule has 1 saturated heterocycles. The Morgan fingerprint density at radius 1 is 1.17 bits per heavy atom. The maximum Gasteiger partial charge on any atom is 0.140 e. The van der Waals surface area contributed by atoms with Gasteiger partial charge in [0.15, 0.2) is 0 Å². The number of nitrogens with one attached hydrogen (secondary N) is 3. The predicted octanol–water partition coefficient (Wildman–Crippen LogP) is 4.65. The molecule has 2 heterocycles. The highest BCUT2D eigenvalue weighted by molar-refractivity contribution is 7.12. The van der Waals surface area contributed by atoms with Crippen molar-refractivity contribution in [3.63, 3.8) is 0 Å². The summed E-state index contributed by atoms with van der Waals surface area (Å²) in [6, 6.07) is 18.2. The molecule has 1 fully saturated rings. The molecule has 5 nitrogen and oxygen atoms in total. The summed E-state index contributed by atoms with van der Waals surface area (Å²) in [5.41, 5.74) is 1.66. The molecule has 0 bridgehead atoms. The summed E-state index contributed by atoms with van der Waals surface area (Å²) in [5, 5.41) is 16.6. The zero-order valence-electron chi connectivity index (χ0n) is 16.4. The minimum absolute atomic E-state index is 0.0844. The molecule has 0 amide bonds. The Bertz CT molecular complexity index is 980. The summed E-state index contributed by atoms with van der Waals surface area (Å²) in [6.07, 6.45) is 0.928. The molecule has 1 aliphatic heterocycles. The van der Waals surface area contributed by atoms with Gasteiger partial charge in [-0.1, -0.05) is 24.3 Å². The van der Waals surface area contributed by atoms with Crippen LogP contribution in [0.5, 0.6) is 5.75 Å². The number of halogens is 1. The van der Waals surface area contributed by atoms with Gasteiger partial charge in [-0.25, -0.2) is 4.39 Å². The monoisotopic (exact) mass is 425 g/mol. The number of amidine groups is 1. The van der Waals surface area contributed by atoms with E-state index >= 15 is 0 Å². The quantitative estimate of drug-likeness (QED) is 0.363. The van der Waals surface area contributed by atoms with Gasteiger partial charge in [0.1, 0.15) is 24.0 Å². The van der Waals surface area contributed by atoms with Crippen molar-refractivity contribution in [1.29, 1.82) is 5.41 Å². The summed E-state index contributed by atoms with van der Waals surface area (Å²) in [5.74, 6) is 0.886. The highest BCUT2D eigenvalue weighted by Gasteiger charge is 2.25. The Hall–Kier alpha value is -2.74. The number of hydrogen-bond donors (Lipinski definition) is 3. The van der Waals surface area contributed by atoms with Crippen molar-refractivity contribution in [1.82, 2.24) is 5.32 Å². The van der Waals surface area contributed by atoms with E-state index < -0.39 is 0 Å². The van der Waals surface area contributed by atoms with E-state index in [1.165, 1.54) is 23.5 Å². The first-order valence-electron chi connectivity index (χ1n) is 9.87. The Labute approximate surface area is 179 Å². The van der Waals surface area contributed by atoms with E-state index in [0.29, 0.717) is 19.0 Å². The van der Waals surface area contributed by atoms with Gasteiger partial charge in [-0.15, -0.1) is 11.3 Å². The lowest BCUT2D eigenvalue weighted by Crippen LogP contribution is -2.28. The molecular formula is C23H24FN3O2S. The molecule has 0 unspecified atom stereocenters. The van der Waals surface area contributed by atoms with E-state index in [-0.39, 0.29) is 18.0 Å². The Balaban J connectivity index is 1.23. The number of ether oxygens (including phenoxy) is 2. The number of hydrogen-bond acceptors (Lipinski definition) is 5. The molecule has 2 aromatic carbocycles. The van der Waals surface area contributed by atoms with Crippen LogP contribution in [0.2, 0.25) is 0 Å². The van der Waals surface area contributed by atoms with Gasteiger partial charge < -0.3 is 20.1 Å². The lowest BCUT2D eigenvalue weighted by atomic mass is 10.2. The molecule has 0 saturated carbocycles. The normalized spacial score (nSPS) is 18.3. The van der Waals surface area contributed by atoms with Gasteiger partial charge in [0.05, 0.1) is 17.6 Å². The minimum Gasteiger partial charge on any atom is -0.492 e. The Morgan fingerprint density at radius 2 is 2.07 bits per heavy atom. The first-order valence-corrected chi connectivity index (χ1v) is 10.8. The predicted molar refractivity (Wildman–Crippen MR) is 118 cm³/mol. The Morgan fingerprint density at radius 3 is 2.90 bits per heavy atom. The first kappa shape index (κ1) is 20.5. The van der Waals surface area contributed by atoms with Crippen molar-refractivity contribution in [3.05, 3.63) is 82.3 Å². The fourth-order valence-electron chi connectivity index (χ4n) is 3.36. The van der Waals surface area contributed by atoms with Gasteiger partial charge in [0.25, 0.3) is 0 Å². The molecule has 1 aliphatic rings. The highest BCUT2D eigenvalue weighted by atomic mass is 32.1. The van der Waals surface area contributed by atoms with E-state index in [0.717, 1.165) is 34.8 Å². The number of benzene rings is 2. The molecule has 0 aliphatic carbocycles. The van der Waals surface area contributed by atoms with Crippen LogP contribution in [0, 0.1) is 11.2 Å². The maximum absolute atomic E-state index is 13.3. The van der Waals surface area contributed by atoms with Crippen LogP contribution in [-0.4, -0.2) is 31.1 Å². The average molecular weight is 426 g/mol. The van der Waals surface area contributed by atoms with Crippen LogP contribution in [0.4, 0.5) is 10.1 Å². The van der Waals surface area contributed by atoms with E-state index in [1.807, 2.05) is 47.8 Å². The first-order chi connectivity index (χ1) is 14.7. The molecule has 3 aromatic rings. The van der Waals surface area contributed by atoms with Gasteiger partial charge in [-0.2, -0.15) is 0 Å². The van der Waals surface area contributed by atoms with Crippen LogP contribution in [0.3, 0.4) is 0 Å². The lowest BCUT2D eigenvalue weighted by Gasteiger charge is -2.14. The summed E-state index contributed by atoms with van der Waals surface area (Å²) in [7, 11) is 0. The molecule has 0 radical (unpaired) electrons. The summed E-state index contributed by atoms with van der Waals surface area (Å²) in [6.45, 7) is 1.69. The zero-order valence-corrected chi connectivity index (χ0v) is 17.3. The summed E-state index contributed by atoms with van der Waals surface area (Å²) < 4.78 is 25.1. The number of anilines is 1. The molecule has 2 atom stereocenters. The van der Waals surface area contributed by atoms with E-state index in [4.69, 9.17) is 14.9 Å². The number of rotatable bonds is 8. The van der Waals surface area contributed by atoms with Crippen molar-refractivity contribution < 1.29 is 13.9 Å². The SMILES string of the molecule is N=C(Nc1cccc(OC[C@@H]2C[C@@H](OCc3cccc(F)c3)CN2)c1)c1cccs1. The maximum atomic E-state index is 13.3. The largest absolute Gasteiger partial charge is 0.492 e. The van der Waals surface area contributed by atoms with E-state index in [9.17, 15) is 4.39 Å². The fourth-order valence-corrected chi connectivity index (χ4v) is 3.99. The minimum atomic E-state index is -0.242. The van der Waals surface area contributed by atoms with Crippen LogP contribution >= 0.6 is 11.3 Å². The van der Waals surface area contributed by atoms with Gasteiger partial charge in [0.2, 0.25) is 0 Å². The van der Waals surface area contributed by atoms with Crippen molar-refractivity contribution in [2.45, 2.75) is 25.2 Å². The molecule has 3 N–H and O–H groups in total. The molecular weight excluding hydrogens is 401 g/mol. The highest BCUT2D eigenvalue weighted by Crippen LogP contribution is 2.21. The summed E-state index contributed by atoms with van der Waals surface area (Å²) >= 11 is 1.53. The van der Waals surface area contributed by atoms with Crippen LogP contribution in [0.1, 0.15) is 16.9 Å². The van der Waals surface area contributed by atoms with Crippen LogP contribution < -0.4 is 15.4 Å². The van der Waals surface area contributed by atoms with Crippen molar-refractivity contribution in [3.8, 4) is 5.75 Å².